The van der Waals surface area contributed by atoms with Crippen LogP contribution < -0.4 is 5.32 Å². The first kappa shape index (κ1) is 22.0. The lowest BCUT2D eigenvalue weighted by Crippen LogP contribution is -2.30. The van der Waals surface area contributed by atoms with Gasteiger partial charge in [-0.15, -0.1) is 0 Å². The van der Waals surface area contributed by atoms with Crippen molar-refractivity contribution in [1.82, 2.24) is 15.1 Å². The van der Waals surface area contributed by atoms with E-state index in [1.54, 1.807) is 19.1 Å². The molecular weight excluding hydrogens is 417 g/mol. The number of aliphatic hydroxyl groups excluding tert-OH is 1. The standard InChI is InChI=1S/C20H17F3N4O4/c1-12-2-6-14(7-3-12)26-18(20(21,22)23)16(10-25-26)19(29)24-11-17(28)13-4-8-15(9-5-13)27(30)31/h2-10,17,28H,11H2,1H3,(H,24,29). The fourth-order valence-corrected chi connectivity index (χ4v) is 2.89. The number of aliphatic hydroxyl groups is 1. The van der Waals surface area contributed by atoms with Gasteiger partial charge in [0.1, 0.15) is 0 Å². The summed E-state index contributed by atoms with van der Waals surface area (Å²) in [5.41, 5.74) is -0.858. The van der Waals surface area contributed by atoms with Gasteiger partial charge in [-0.2, -0.15) is 18.3 Å². The van der Waals surface area contributed by atoms with Gasteiger partial charge < -0.3 is 10.4 Å². The Morgan fingerprint density at radius 3 is 2.35 bits per heavy atom. The molecule has 1 amide bonds. The minimum Gasteiger partial charge on any atom is -0.387 e. The van der Waals surface area contributed by atoms with E-state index in [-0.39, 0.29) is 16.9 Å². The summed E-state index contributed by atoms with van der Waals surface area (Å²) in [5, 5.41) is 26.8. The van der Waals surface area contributed by atoms with Crippen LogP contribution >= 0.6 is 0 Å². The number of hydrogen-bond donors (Lipinski definition) is 2. The van der Waals surface area contributed by atoms with Crippen molar-refractivity contribution in [2.45, 2.75) is 19.2 Å². The number of halogens is 3. The van der Waals surface area contributed by atoms with E-state index in [2.05, 4.69) is 10.4 Å². The SMILES string of the molecule is Cc1ccc(-n2ncc(C(=O)NCC(O)c3ccc([N+](=O)[O-])cc3)c2C(F)(F)F)cc1. The van der Waals surface area contributed by atoms with Crippen LogP contribution in [0.15, 0.2) is 54.7 Å². The summed E-state index contributed by atoms with van der Waals surface area (Å²) in [6.45, 7) is 1.39. The van der Waals surface area contributed by atoms with Crippen LogP contribution in [0, 0.1) is 17.0 Å². The molecule has 0 aliphatic carbocycles. The molecule has 0 aliphatic heterocycles. The molecule has 0 aliphatic rings. The van der Waals surface area contributed by atoms with Gasteiger partial charge in [0.25, 0.3) is 11.6 Å². The smallest absolute Gasteiger partial charge is 0.387 e. The van der Waals surface area contributed by atoms with Crippen LogP contribution in [0.4, 0.5) is 18.9 Å². The van der Waals surface area contributed by atoms with Gasteiger partial charge in [0.15, 0.2) is 5.69 Å². The van der Waals surface area contributed by atoms with Gasteiger partial charge >= 0.3 is 6.18 Å². The molecule has 2 aromatic carbocycles. The highest BCUT2D eigenvalue weighted by Crippen LogP contribution is 2.33. The average Bonchev–Trinajstić information content (AvgIpc) is 3.18. The van der Waals surface area contributed by atoms with E-state index in [9.17, 15) is 33.2 Å². The molecule has 2 N–H and O–H groups in total. The summed E-state index contributed by atoms with van der Waals surface area (Å²) in [6, 6.07) is 11.1. The van der Waals surface area contributed by atoms with Gasteiger partial charge in [-0.3, -0.25) is 14.9 Å². The Labute approximate surface area is 174 Å². The molecule has 0 bridgehead atoms. The number of carbonyl (C=O) groups excluding carboxylic acids is 1. The fourth-order valence-electron chi connectivity index (χ4n) is 2.89. The first-order valence-electron chi connectivity index (χ1n) is 9.01. The van der Waals surface area contributed by atoms with Gasteiger partial charge in [0, 0.05) is 18.7 Å². The summed E-state index contributed by atoms with van der Waals surface area (Å²) >= 11 is 0. The third-order valence-corrected chi connectivity index (χ3v) is 4.51. The number of nitro groups is 1. The summed E-state index contributed by atoms with van der Waals surface area (Å²) in [5.74, 6) is -1.06. The third kappa shape index (κ3) is 4.89. The van der Waals surface area contributed by atoms with E-state index < -0.39 is 40.9 Å². The maximum atomic E-state index is 13.7. The molecule has 11 heteroatoms. The Balaban J connectivity index is 1.79. The van der Waals surface area contributed by atoms with E-state index in [4.69, 9.17) is 0 Å². The van der Waals surface area contributed by atoms with Crippen LogP contribution in [0.25, 0.3) is 5.69 Å². The van der Waals surface area contributed by atoms with Crippen molar-refractivity contribution in [3.8, 4) is 5.69 Å². The predicted octanol–water partition coefficient (Wildman–Crippen LogP) is 3.57. The zero-order valence-electron chi connectivity index (χ0n) is 16.1. The molecule has 162 valence electrons. The number of rotatable bonds is 6. The molecule has 0 fully saturated rings. The number of nitro benzene ring substituents is 1. The van der Waals surface area contributed by atoms with E-state index in [0.717, 1.165) is 11.8 Å². The van der Waals surface area contributed by atoms with E-state index in [1.807, 2.05) is 0 Å². The molecule has 1 unspecified atom stereocenters. The highest BCUT2D eigenvalue weighted by atomic mass is 19.4. The first-order valence-corrected chi connectivity index (χ1v) is 9.01. The Morgan fingerprint density at radius 1 is 1.19 bits per heavy atom. The van der Waals surface area contributed by atoms with Gasteiger partial charge in [0.05, 0.1) is 28.5 Å². The largest absolute Gasteiger partial charge is 0.434 e. The zero-order chi connectivity index (χ0) is 22.8. The van der Waals surface area contributed by atoms with Crippen LogP contribution in [0.3, 0.4) is 0 Å². The van der Waals surface area contributed by atoms with Crippen molar-refractivity contribution >= 4 is 11.6 Å². The highest BCUT2D eigenvalue weighted by Gasteiger charge is 2.40. The summed E-state index contributed by atoms with van der Waals surface area (Å²) in [7, 11) is 0. The summed E-state index contributed by atoms with van der Waals surface area (Å²) < 4.78 is 41.7. The number of nitrogens with zero attached hydrogens (tertiary/aromatic N) is 3. The lowest BCUT2D eigenvalue weighted by Gasteiger charge is -2.14. The number of amides is 1. The first-order chi connectivity index (χ1) is 14.6. The third-order valence-electron chi connectivity index (χ3n) is 4.51. The van der Waals surface area contributed by atoms with Crippen LogP contribution in [0.5, 0.6) is 0 Å². The molecule has 0 saturated heterocycles. The van der Waals surface area contributed by atoms with Crippen LogP contribution in [0.1, 0.15) is 33.3 Å². The average molecular weight is 434 g/mol. The lowest BCUT2D eigenvalue weighted by molar-refractivity contribution is -0.384. The molecule has 3 aromatic rings. The topological polar surface area (TPSA) is 110 Å². The van der Waals surface area contributed by atoms with E-state index in [0.29, 0.717) is 4.68 Å². The molecule has 31 heavy (non-hydrogen) atoms. The minimum absolute atomic E-state index is 0.142. The van der Waals surface area contributed by atoms with Crippen molar-refractivity contribution < 1.29 is 28.0 Å². The van der Waals surface area contributed by atoms with Crippen LogP contribution in [-0.2, 0) is 6.18 Å². The molecule has 0 spiro atoms. The number of aromatic nitrogens is 2. The van der Waals surface area contributed by atoms with Crippen molar-refractivity contribution in [3.63, 3.8) is 0 Å². The molecule has 0 saturated carbocycles. The highest BCUT2D eigenvalue weighted by molar-refractivity contribution is 5.95. The normalized spacial score (nSPS) is 12.4. The zero-order valence-corrected chi connectivity index (χ0v) is 16.1. The van der Waals surface area contributed by atoms with Gasteiger partial charge in [-0.1, -0.05) is 17.7 Å². The lowest BCUT2D eigenvalue weighted by atomic mass is 10.1. The number of aryl methyl sites for hydroxylation is 1. The van der Waals surface area contributed by atoms with Crippen molar-refractivity contribution in [2.75, 3.05) is 6.54 Å². The van der Waals surface area contributed by atoms with Gasteiger partial charge in [-0.05, 0) is 36.8 Å². The monoisotopic (exact) mass is 434 g/mol. The number of nitrogens with one attached hydrogen (secondary N) is 1. The number of benzene rings is 2. The Morgan fingerprint density at radius 2 is 1.81 bits per heavy atom. The predicted molar refractivity (Wildman–Crippen MR) is 104 cm³/mol. The number of alkyl halides is 3. The second-order valence-corrected chi connectivity index (χ2v) is 6.73. The molecule has 1 aromatic heterocycles. The molecular formula is C20H17F3N4O4. The Hall–Kier alpha value is -3.73. The van der Waals surface area contributed by atoms with E-state index in [1.165, 1.54) is 36.4 Å². The Bertz CT molecular complexity index is 1090. The number of hydrogen-bond acceptors (Lipinski definition) is 5. The molecule has 0 radical (unpaired) electrons. The number of non-ortho nitro benzene ring substituents is 1. The maximum absolute atomic E-state index is 13.7. The fraction of sp³-hybridized carbons (Fsp3) is 0.200. The summed E-state index contributed by atoms with van der Waals surface area (Å²) in [6.07, 6.45) is -5.31. The van der Waals surface area contributed by atoms with Crippen LogP contribution in [0.2, 0.25) is 0 Å². The molecule has 1 atom stereocenters. The van der Waals surface area contributed by atoms with Crippen molar-refractivity contribution in [3.05, 3.63) is 87.2 Å². The molecule has 3 rings (SSSR count). The Kier molecular flexibility index (Phi) is 6.07. The second kappa shape index (κ2) is 8.56. The van der Waals surface area contributed by atoms with E-state index >= 15 is 0 Å². The van der Waals surface area contributed by atoms with Gasteiger partial charge in [-0.25, -0.2) is 4.68 Å². The van der Waals surface area contributed by atoms with Gasteiger partial charge in [0.2, 0.25) is 0 Å². The van der Waals surface area contributed by atoms with Crippen molar-refractivity contribution in [1.29, 1.82) is 0 Å². The second-order valence-electron chi connectivity index (χ2n) is 6.73. The maximum Gasteiger partial charge on any atom is 0.434 e. The minimum atomic E-state index is -4.86. The quantitative estimate of drug-likeness (QED) is 0.455. The van der Waals surface area contributed by atoms with Crippen LogP contribution in [-0.4, -0.2) is 32.3 Å². The summed E-state index contributed by atoms with van der Waals surface area (Å²) in [4.78, 5) is 22.5. The van der Waals surface area contributed by atoms with Crippen molar-refractivity contribution in [2.24, 2.45) is 0 Å². The molecule has 8 nitrogen and oxygen atoms in total. The number of carbonyl (C=O) groups is 1. The molecule has 1 heterocycles.